The molecular formula is C16H16FN3O3. The SMILES string of the molecule is C[C@H](CNC(=O)c1ccc(-c2cccc(F)c2)nc1)NC(=O)O. The maximum absolute atomic E-state index is 13.2. The Bertz CT molecular complexity index is 704. The third-order valence-electron chi connectivity index (χ3n) is 3.08. The van der Waals surface area contributed by atoms with E-state index in [4.69, 9.17) is 5.11 Å². The van der Waals surface area contributed by atoms with Crippen molar-refractivity contribution in [1.82, 2.24) is 15.6 Å². The maximum atomic E-state index is 13.2. The molecule has 120 valence electrons. The number of nitrogens with zero attached hydrogens (tertiary/aromatic N) is 1. The number of amides is 2. The molecule has 0 aliphatic rings. The third kappa shape index (κ3) is 4.77. The van der Waals surface area contributed by atoms with Gasteiger partial charge in [0.1, 0.15) is 5.82 Å². The largest absolute Gasteiger partial charge is 0.465 e. The van der Waals surface area contributed by atoms with Gasteiger partial charge in [-0.3, -0.25) is 9.78 Å². The van der Waals surface area contributed by atoms with E-state index in [0.717, 1.165) is 0 Å². The molecule has 1 heterocycles. The van der Waals surface area contributed by atoms with Crippen molar-refractivity contribution in [2.24, 2.45) is 0 Å². The number of pyridine rings is 1. The molecule has 23 heavy (non-hydrogen) atoms. The number of hydrogen-bond donors (Lipinski definition) is 3. The second-order valence-electron chi connectivity index (χ2n) is 5.00. The summed E-state index contributed by atoms with van der Waals surface area (Å²) in [4.78, 5) is 26.6. The molecule has 0 aliphatic carbocycles. The Hall–Kier alpha value is -2.96. The number of carboxylic acid groups (broad SMARTS) is 1. The number of rotatable bonds is 5. The predicted octanol–water partition coefficient (Wildman–Crippen LogP) is 2.27. The molecule has 0 spiro atoms. The maximum Gasteiger partial charge on any atom is 0.404 e. The molecule has 7 heteroatoms. The van der Waals surface area contributed by atoms with E-state index in [1.165, 1.54) is 18.3 Å². The molecule has 0 bridgehead atoms. The molecule has 1 atom stereocenters. The quantitative estimate of drug-likeness (QED) is 0.789. The van der Waals surface area contributed by atoms with Gasteiger partial charge in [0.15, 0.2) is 0 Å². The van der Waals surface area contributed by atoms with Crippen LogP contribution in [-0.2, 0) is 0 Å². The van der Waals surface area contributed by atoms with Crippen LogP contribution in [0.25, 0.3) is 11.3 Å². The fourth-order valence-electron chi connectivity index (χ4n) is 1.96. The minimum absolute atomic E-state index is 0.163. The molecule has 0 fully saturated rings. The first kappa shape index (κ1) is 16.4. The van der Waals surface area contributed by atoms with Crippen LogP contribution in [-0.4, -0.2) is 34.7 Å². The van der Waals surface area contributed by atoms with Crippen LogP contribution in [0.4, 0.5) is 9.18 Å². The molecule has 2 aromatic rings. The Morgan fingerprint density at radius 1 is 1.30 bits per heavy atom. The van der Waals surface area contributed by atoms with Crippen LogP contribution in [0.15, 0.2) is 42.6 Å². The zero-order valence-electron chi connectivity index (χ0n) is 12.4. The number of carbonyl (C=O) groups excluding carboxylic acids is 1. The van der Waals surface area contributed by atoms with Crippen LogP contribution in [0.2, 0.25) is 0 Å². The van der Waals surface area contributed by atoms with E-state index in [1.54, 1.807) is 31.2 Å². The number of aromatic nitrogens is 1. The lowest BCUT2D eigenvalue weighted by Gasteiger charge is -2.12. The van der Waals surface area contributed by atoms with Crippen molar-refractivity contribution in [3.8, 4) is 11.3 Å². The summed E-state index contributed by atoms with van der Waals surface area (Å²) in [6, 6.07) is 8.82. The van der Waals surface area contributed by atoms with Crippen LogP contribution < -0.4 is 10.6 Å². The zero-order valence-corrected chi connectivity index (χ0v) is 12.4. The minimum Gasteiger partial charge on any atom is -0.465 e. The zero-order chi connectivity index (χ0) is 16.8. The van der Waals surface area contributed by atoms with Crippen molar-refractivity contribution in [1.29, 1.82) is 0 Å². The minimum atomic E-state index is -1.15. The van der Waals surface area contributed by atoms with Crippen molar-refractivity contribution in [3.05, 3.63) is 54.0 Å². The summed E-state index contributed by atoms with van der Waals surface area (Å²) >= 11 is 0. The number of benzene rings is 1. The highest BCUT2D eigenvalue weighted by molar-refractivity contribution is 5.94. The van der Waals surface area contributed by atoms with Crippen LogP contribution in [0.1, 0.15) is 17.3 Å². The Morgan fingerprint density at radius 3 is 2.70 bits per heavy atom. The average Bonchev–Trinajstić information content (AvgIpc) is 2.52. The Labute approximate surface area is 132 Å². The van der Waals surface area contributed by atoms with E-state index < -0.39 is 12.1 Å². The van der Waals surface area contributed by atoms with E-state index in [0.29, 0.717) is 16.8 Å². The number of halogens is 1. The van der Waals surface area contributed by atoms with Gasteiger partial charge in [-0.15, -0.1) is 0 Å². The lowest BCUT2D eigenvalue weighted by molar-refractivity contribution is 0.0948. The molecule has 0 saturated carbocycles. The number of nitrogens with one attached hydrogen (secondary N) is 2. The van der Waals surface area contributed by atoms with Gasteiger partial charge in [0, 0.05) is 24.3 Å². The molecule has 6 nitrogen and oxygen atoms in total. The second-order valence-corrected chi connectivity index (χ2v) is 5.00. The monoisotopic (exact) mass is 317 g/mol. The van der Waals surface area contributed by atoms with Crippen LogP contribution in [0, 0.1) is 5.82 Å². The smallest absolute Gasteiger partial charge is 0.404 e. The summed E-state index contributed by atoms with van der Waals surface area (Å²) in [6.45, 7) is 1.80. The van der Waals surface area contributed by atoms with Gasteiger partial charge in [-0.25, -0.2) is 9.18 Å². The fraction of sp³-hybridized carbons (Fsp3) is 0.188. The van der Waals surface area contributed by atoms with Crippen molar-refractivity contribution >= 4 is 12.0 Å². The second kappa shape index (κ2) is 7.35. The van der Waals surface area contributed by atoms with Crippen molar-refractivity contribution in [2.45, 2.75) is 13.0 Å². The van der Waals surface area contributed by atoms with E-state index in [2.05, 4.69) is 15.6 Å². The highest BCUT2D eigenvalue weighted by atomic mass is 19.1. The summed E-state index contributed by atoms with van der Waals surface area (Å²) in [6.07, 6.45) is 0.248. The van der Waals surface area contributed by atoms with Gasteiger partial charge >= 0.3 is 6.09 Å². The molecular weight excluding hydrogens is 301 g/mol. The van der Waals surface area contributed by atoms with Gasteiger partial charge in [0.05, 0.1) is 11.3 Å². The van der Waals surface area contributed by atoms with Crippen LogP contribution >= 0.6 is 0 Å². The molecule has 0 saturated heterocycles. The first-order valence-electron chi connectivity index (χ1n) is 6.95. The molecule has 3 N–H and O–H groups in total. The van der Waals surface area contributed by atoms with Crippen molar-refractivity contribution in [3.63, 3.8) is 0 Å². The van der Waals surface area contributed by atoms with Crippen LogP contribution in [0.3, 0.4) is 0 Å². The van der Waals surface area contributed by atoms with Gasteiger partial charge in [-0.05, 0) is 31.2 Å². The highest BCUT2D eigenvalue weighted by Crippen LogP contribution is 2.17. The van der Waals surface area contributed by atoms with Crippen molar-refractivity contribution < 1.29 is 19.1 Å². The van der Waals surface area contributed by atoms with E-state index in [-0.39, 0.29) is 18.3 Å². The Kier molecular flexibility index (Phi) is 5.24. The third-order valence-corrected chi connectivity index (χ3v) is 3.08. The Morgan fingerprint density at radius 2 is 2.09 bits per heavy atom. The van der Waals surface area contributed by atoms with E-state index in [9.17, 15) is 14.0 Å². The molecule has 0 unspecified atom stereocenters. The number of carbonyl (C=O) groups is 2. The molecule has 1 aromatic carbocycles. The normalized spacial score (nSPS) is 11.6. The van der Waals surface area contributed by atoms with Gasteiger partial charge in [0.25, 0.3) is 5.91 Å². The lowest BCUT2D eigenvalue weighted by atomic mass is 10.1. The van der Waals surface area contributed by atoms with Gasteiger partial charge in [0.2, 0.25) is 0 Å². The summed E-state index contributed by atoms with van der Waals surface area (Å²) in [5, 5.41) is 13.4. The lowest BCUT2D eigenvalue weighted by Crippen LogP contribution is -2.41. The topological polar surface area (TPSA) is 91.3 Å². The average molecular weight is 317 g/mol. The van der Waals surface area contributed by atoms with Gasteiger partial charge < -0.3 is 15.7 Å². The highest BCUT2D eigenvalue weighted by Gasteiger charge is 2.10. The molecule has 2 rings (SSSR count). The standard InChI is InChI=1S/C16H16FN3O3/c1-10(20-16(22)23)8-19-15(21)12-5-6-14(18-9-12)11-3-2-4-13(17)7-11/h2-7,9-10,20H,8H2,1H3,(H,19,21)(H,22,23)/t10-/m1/s1. The molecule has 1 aromatic heterocycles. The van der Waals surface area contributed by atoms with Gasteiger partial charge in [-0.1, -0.05) is 12.1 Å². The molecule has 2 amide bonds. The fourth-order valence-corrected chi connectivity index (χ4v) is 1.96. The van der Waals surface area contributed by atoms with E-state index in [1.807, 2.05) is 0 Å². The van der Waals surface area contributed by atoms with E-state index >= 15 is 0 Å². The summed E-state index contributed by atoms with van der Waals surface area (Å²) < 4.78 is 13.2. The summed E-state index contributed by atoms with van der Waals surface area (Å²) in [5.41, 5.74) is 1.52. The van der Waals surface area contributed by atoms with Crippen molar-refractivity contribution in [2.75, 3.05) is 6.54 Å². The predicted molar refractivity (Wildman–Crippen MR) is 82.6 cm³/mol. The first-order chi connectivity index (χ1) is 11.0. The molecule has 0 radical (unpaired) electrons. The molecule has 0 aliphatic heterocycles. The summed E-state index contributed by atoms with van der Waals surface area (Å²) in [7, 11) is 0. The Balaban J connectivity index is 1.99. The first-order valence-corrected chi connectivity index (χ1v) is 6.95. The van der Waals surface area contributed by atoms with Gasteiger partial charge in [-0.2, -0.15) is 0 Å². The van der Waals surface area contributed by atoms with Crippen LogP contribution in [0.5, 0.6) is 0 Å². The summed E-state index contributed by atoms with van der Waals surface area (Å²) in [5.74, 6) is -0.714. The number of hydrogen-bond acceptors (Lipinski definition) is 3.